The van der Waals surface area contributed by atoms with Gasteiger partial charge in [0.2, 0.25) is 9.84 Å². The highest BCUT2D eigenvalue weighted by Crippen LogP contribution is 2.30. The lowest BCUT2D eigenvalue weighted by Crippen LogP contribution is -2.15. The first-order valence-corrected chi connectivity index (χ1v) is 6.28. The van der Waals surface area contributed by atoms with Crippen LogP contribution < -0.4 is 5.73 Å². The molecule has 0 saturated heterocycles. The van der Waals surface area contributed by atoms with Gasteiger partial charge in [0.25, 0.3) is 5.16 Å². The molecule has 2 N–H and O–H groups in total. The number of sulfone groups is 1. The van der Waals surface area contributed by atoms with E-state index in [0.29, 0.717) is 10.7 Å². The van der Waals surface area contributed by atoms with E-state index in [-0.39, 0.29) is 5.65 Å². The zero-order chi connectivity index (χ0) is 13.7. The van der Waals surface area contributed by atoms with Gasteiger partial charge in [-0.2, -0.15) is 18.2 Å². The molecule has 0 spiro atoms. The van der Waals surface area contributed by atoms with Crippen molar-refractivity contribution in [1.82, 2.24) is 19.6 Å². The number of aromatic nitrogens is 4. The molecule has 0 radical (unpaired) electrons. The minimum absolute atomic E-state index is 0.318. The molecule has 2 aromatic heterocycles. The highest BCUT2D eigenvalue weighted by Gasteiger charge is 2.36. The molecule has 0 aliphatic carbocycles. The molecule has 0 aromatic carbocycles. The summed E-state index contributed by atoms with van der Waals surface area (Å²) in [5.41, 5.74) is 3.77. The highest BCUT2D eigenvalue weighted by molar-refractivity contribution is 7.90. The number of fused-ring (bicyclic) bond motifs is 1. The maximum Gasteiger partial charge on any atom is 0.435 e. The van der Waals surface area contributed by atoms with Gasteiger partial charge in [-0.15, -0.1) is 5.10 Å². The second kappa shape index (κ2) is 3.54. The van der Waals surface area contributed by atoms with Gasteiger partial charge in [0.05, 0.1) is 6.20 Å². The Labute approximate surface area is 98.4 Å². The van der Waals surface area contributed by atoms with Gasteiger partial charge in [-0.3, -0.25) is 0 Å². The molecule has 0 aliphatic rings. The van der Waals surface area contributed by atoms with Crippen LogP contribution in [-0.2, 0) is 16.0 Å². The maximum absolute atomic E-state index is 12.6. The Morgan fingerprint density at radius 3 is 2.50 bits per heavy atom. The highest BCUT2D eigenvalue weighted by atomic mass is 32.2. The van der Waals surface area contributed by atoms with Crippen molar-refractivity contribution >= 4 is 21.3 Å². The first kappa shape index (κ1) is 12.5. The zero-order valence-corrected chi connectivity index (χ0v) is 9.62. The SMILES string of the molecule is CS(=O)(=O)c1nc(N)c2ncc(C(F)(F)F)n2n1. The summed E-state index contributed by atoms with van der Waals surface area (Å²) in [5.74, 6) is -0.444. The monoisotopic (exact) mass is 281 g/mol. The van der Waals surface area contributed by atoms with Crippen LogP contribution in [0.15, 0.2) is 11.4 Å². The van der Waals surface area contributed by atoms with E-state index in [2.05, 4.69) is 15.1 Å². The van der Waals surface area contributed by atoms with Crippen LogP contribution in [0.5, 0.6) is 0 Å². The van der Waals surface area contributed by atoms with Crippen molar-refractivity contribution in [1.29, 1.82) is 0 Å². The summed E-state index contributed by atoms with van der Waals surface area (Å²) in [4.78, 5) is 6.80. The lowest BCUT2D eigenvalue weighted by molar-refractivity contribution is -0.142. The first-order chi connectivity index (χ1) is 8.10. The van der Waals surface area contributed by atoms with Gasteiger partial charge in [0, 0.05) is 6.26 Å². The topological polar surface area (TPSA) is 103 Å². The van der Waals surface area contributed by atoms with Gasteiger partial charge in [-0.1, -0.05) is 0 Å². The van der Waals surface area contributed by atoms with Crippen molar-refractivity contribution in [2.24, 2.45) is 0 Å². The van der Waals surface area contributed by atoms with Crippen LogP contribution in [0.3, 0.4) is 0 Å². The Morgan fingerprint density at radius 1 is 1.39 bits per heavy atom. The van der Waals surface area contributed by atoms with Gasteiger partial charge in [0.1, 0.15) is 0 Å². The Morgan fingerprint density at radius 2 is 2.00 bits per heavy atom. The van der Waals surface area contributed by atoms with E-state index in [4.69, 9.17) is 5.73 Å². The number of hydrogen-bond acceptors (Lipinski definition) is 6. The van der Waals surface area contributed by atoms with E-state index in [1.165, 1.54) is 0 Å². The molecule has 0 unspecified atom stereocenters. The molecule has 7 nitrogen and oxygen atoms in total. The second-order valence-electron chi connectivity index (χ2n) is 3.43. The van der Waals surface area contributed by atoms with Crippen molar-refractivity contribution in [3.8, 4) is 0 Å². The molecule has 0 aliphatic heterocycles. The third kappa shape index (κ3) is 1.96. The summed E-state index contributed by atoms with van der Waals surface area (Å²) in [6.07, 6.45) is -3.46. The predicted octanol–water partition coefficient (Wildman–Crippen LogP) is 0.129. The van der Waals surface area contributed by atoms with E-state index < -0.39 is 32.7 Å². The number of nitrogen functional groups attached to an aromatic ring is 1. The molecule has 0 fully saturated rings. The molecular formula is C7H6F3N5O2S. The Kier molecular flexibility index (Phi) is 2.47. The summed E-state index contributed by atoms with van der Waals surface area (Å²) < 4.78 is 60.5. The largest absolute Gasteiger partial charge is 0.435 e. The molecular weight excluding hydrogens is 275 g/mol. The van der Waals surface area contributed by atoms with E-state index in [1.807, 2.05) is 0 Å². The lowest BCUT2D eigenvalue weighted by Gasteiger charge is -2.06. The summed E-state index contributed by atoms with van der Waals surface area (Å²) in [7, 11) is -3.88. The minimum atomic E-state index is -4.73. The Balaban J connectivity index is 2.85. The lowest BCUT2D eigenvalue weighted by atomic mass is 10.5. The number of imidazole rings is 1. The van der Waals surface area contributed by atoms with Crippen LogP contribution in [-0.4, -0.2) is 34.3 Å². The molecule has 2 rings (SSSR count). The van der Waals surface area contributed by atoms with Crippen molar-refractivity contribution in [2.75, 3.05) is 12.0 Å². The summed E-state index contributed by atoms with van der Waals surface area (Å²) in [6.45, 7) is 0. The van der Waals surface area contributed by atoms with Crippen LogP contribution in [0.4, 0.5) is 19.0 Å². The van der Waals surface area contributed by atoms with Crippen LogP contribution in [0.2, 0.25) is 0 Å². The van der Waals surface area contributed by atoms with Crippen LogP contribution in [0.1, 0.15) is 5.69 Å². The fourth-order valence-corrected chi connectivity index (χ4v) is 1.73. The van der Waals surface area contributed by atoms with Gasteiger partial charge in [-0.25, -0.2) is 17.9 Å². The zero-order valence-electron chi connectivity index (χ0n) is 8.80. The molecule has 2 aromatic rings. The Hall–Kier alpha value is -1.91. The molecule has 18 heavy (non-hydrogen) atoms. The fraction of sp³-hybridized carbons (Fsp3) is 0.286. The summed E-state index contributed by atoms with van der Waals surface area (Å²) >= 11 is 0. The number of anilines is 1. The van der Waals surface area contributed by atoms with Gasteiger partial charge in [-0.05, 0) is 0 Å². The number of halogens is 3. The van der Waals surface area contributed by atoms with Crippen molar-refractivity contribution in [2.45, 2.75) is 11.3 Å². The number of rotatable bonds is 1. The quantitative estimate of drug-likeness (QED) is 0.796. The van der Waals surface area contributed by atoms with Gasteiger partial charge >= 0.3 is 6.18 Å². The maximum atomic E-state index is 12.6. The second-order valence-corrected chi connectivity index (χ2v) is 5.34. The van der Waals surface area contributed by atoms with Crippen LogP contribution >= 0.6 is 0 Å². The van der Waals surface area contributed by atoms with E-state index in [0.717, 1.165) is 6.26 Å². The normalized spacial score (nSPS) is 13.1. The number of alkyl halides is 3. The van der Waals surface area contributed by atoms with Crippen molar-refractivity contribution in [3.05, 3.63) is 11.9 Å². The number of nitrogens with zero attached hydrogens (tertiary/aromatic N) is 4. The van der Waals surface area contributed by atoms with Gasteiger partial charge < -0.3 is 5.73 Å². The van der Waals surface area contributed by atoms with Gasteiger partial charge in [0.15, 0.2) is 17.2 Å². The third-order valence-electron chi connectivity index (χ3n) is 1.99. The fourth-order valence-electron chi connectivity index (χ4n) is 1.23. The molecule has 0 atom stereocenters. The minimum Gasteiger partial charge on any atom is -0.380 e. The average molecular weight is 281 g/mol. The van der Waals surface area contributed by atoms with E-state index >= 15 is 0 Å². The average Bonchev–Trinajstić information content (AvgIpc) is 2.59. The molecule has 2 heterocycles. The van der Waals surface area contributed by atoms with E-state index in [9.17, 15) is 21.6 Å². The molecule has 98 valence electrons. The summed E-state index contributed by atoms with van der Waals surface area (Å²) in [5, 5.41) is 2.49. The number of nitrogens with two attached hydrogens (primary N) is 1. The standard InChI is InChI=1S/C7H6F3N5O2S/c1-18(16,17)6-13-4(11)5-12-2-3(7(8,9)10)15(5)14-6/h2H,1H3,(H2,11,13,14). The predicted molar refractivity (Wildman–Crippen MR) is 53.3 cm³/mol. The van der Waals surface area contributed by atoms with Crippen LogP contribution in [0, 0.1) is 0 Å². The molecule has 0 saturated carbocycles. The number of hydrogen-bond donors (Lipinski definition) is 1. The summed E-state index contributed by atoms with van der Waals surface area (Å²) in [6, 6.07) is 0. The smallest absolute Gasteiger partial charge is 0.380 e. The molecule has 0 amide bonds. The molecule has 0 bridgehead atoms. The van der Waals surface area contributed by atoms with Crippen LogP contribution in [0.25, 0.3) is 5.65 Å². The van der Waals surface area contributed by atoms with E-state index in [1.54, 1.807) is 0 Å². The van der Waals surface area contributed by atoms with Crippen molar-refractivity contribution < 1.29 is 21.6 Å². The molecule has 11 heteroatoms. The van der Waals surface area contributed by atoms with Crippen molar-refractivity contribution in [3.63, 3.8) is 0 Å². The Bertz CT molecular complexity index is 720. The third-order valence-corrected chi connectivity index (χ3v) is 2.83. The first-order valence-electron chi connectivity index (χ1n) is 4.39.